The molecular weight excluding hydrogens is 176 g/mol. The van der Waals surface area contributed by atoms with Gasteiger partial charge in [0.1, 0.15) is 18.9 Å². The molecule has 0 unspecified atom stereocenters. The van der Waals surface area contributed by atoms with E-state index in [0.717, 1.165) is 0 Å². The topological polar surface area (TPSA) is 94.0 Å². The van der Waals surface area contributed by atoms with E-state index in [4.69, 9.17) is 5.41 Å². The van der Waals surface area contributed by atoms with Gasteiger partial charge < -0.3 is 14.9 Å². The lowest BCUT2D eigenvalue weighted by atomic mass is 10.6. The molecule has 0 aliphatic heterocycles. The molecule has 1 rings (SSSR count). The lowest BCUT2D eigenvalue weighted by Crippen LogP contribution is -2.12. The SMILES string of the molecule is COC(=N)Cn1ccnc1[N+](=O)[O-]. The predicted octanol–water partition coefficient (Wildman–Crippen LogP) is 0.415. The van der Waals surface area contributed by atoms with Crippen molar-refractivity contribution in [2.75, 3.05) is 7.11 Å². The lowest BCUT2D eigenvalue weighted by Gasteiger charge is -2.01. The van der Waals surface area contributed by atoms with Crippen LogP contribution >= 0.6 is 0 Å². The molecule has 0 atom stereocenters. The molecular formula is C6H8N4O3. The Morgan fingerprint density at radius 2 is 2.62 bits per heavy atom. The number of ether oxygens (including phenoxy) is 1. The van der Waals surface area contributed by atoms with Gasteiger partial charge in [-0.05, 0) is 4.92 Å². The average molecular weight is 184 g/mol. The van der Waals surface area contributed by atoms with E-state index in [1.54, 1.807) is 0 Å². The van der Waals surface area contributed by atoms with Gasteiger partial charge in [-0.3, -0.25) is 5.41 Å². The fourth-order valence-corrected chi connectivity index (χ4v) is 0.816. The Morgan fingerprint density at radius 3 is 3.15 bits per heavy atom. The van der Waals surface area contributed by atoms with Gasteiger partial charge in [0.2, 0.25) is 5.90 Å². The van der Waals surface area contributed by atoms with E-state index < -0.39 is 4.92 Å². The number of imidazole rings is 1. The number of nitrogens with zero attached hydrogens (tertiary/aromatic N) is 3. The van der Waals surface area contributed by atoms with Crippen molar-refractivity contribution in [2.45, 2.75) is 6.54 Å². The van der Waals surface area contributed by atoms with Crippen molar-refractivity contribution in [3.05, 3.63) is 22.5 Å². The summed E-state index contributed by atoms with van der Waals surface area (Å²) in [5.41, 5.74) is 0. The number of hydrogen-bond acceptors (Lipinski definition) is 5. The van der Waals surface area contributed by atoms with Crippen LogP contribution in [0.4, 0.5) is 5.95 Å². The number of nitro groups is 1. The minimum Gasteiger partial charge on any atom is -0.482 e. The largest absolute Gasteiger partial charge is 0.482 e. The van der Waals surface area contributed by atoms with Crippen LogP contribution in [-0.2, 0) is 11.3 Å². The molecule has 0 aliphatic carbocycles. The first-order valence-corrected chi connectivity index (χ1v) is 3.42. The van der Waals surface area contributed by atoms with Crippen LogP contribution in [0.1, 0.15) is 0 Å². The van der Waals surface area contributed by atoms with E-state index in [2.05, 4.69) is 9.72 Å². The third-order valence-corrected chi connectivity index (χ3v) is 1.42. The van der Waals surface area contributed by atoms with Crippen molar-refractivity contribution in [1.82, 2.24) is 9.55 Å². The molecule has 0 fully saturated rings. The van der Waals surface area contributed by atoms with Gasteiger partial charge in [-0.2, -0.15) is 0 Å². The summed E-state index contributed by atoms with van der Waals surface area (Å²) in [6.45, 7) is 0.0206. The molecule has 1 aromatic heterocycles. The van der Waals surface area contributed by atoms with Crippen LogP contribution in [0.25, 0.3) is 0 Å². The summed E-state index contributed by atoms with van der Waals surface area (Å²) in [5, 5.41) is 17.5. The van der Waals surface area contributed by atoms with Gasteiger partial charge in [0, 0.05) is 0 Å². The Kier molecular flexibility index (Phi) is 2.58. The van der Waals surface area contributed by atoms with Gasteiger partial charge in [0.25, 0.3) is 0 Å². The minimum atomic E-state index is -0.608. The van der Waals surface area contributed by atoms with Gasteiger partial charge in [-0.15, -0.1) is 0 Å². The monoisotopic (exact) mass is 184 g/mol. The van der Waals surface area contributed by atoms with E-state index in [0.29, 0.717) is 0 Å². The van der Waals surface area contributed by atoms with Crippen LogP contribution in [0.5, 0.6) is 0 Å². The van der Waals surface area contributed by atoms with Crippen molar-refractivity contribution in [3.8, 4) is 0 Å². The maximum Gasteiger partial charge on any atom is 0.435 e. The average Bonchev–Trinajstić information content (AvgIpc) is 2.52. The molecule has 7 nitrogen and oxygen atoms in total. The molecule has 1 N–H and O–H groups in total. The summed E-state index contributed by atoms with van der Waals surface area (Å²) < 4.78 is 5.80. The molecule has 0 amide bonds. The maximum absolute atomic E-state index is 10.4. The van der Waals surface area contributed by atoms with Crippen molar-refractivity contribution in [3.63, 3.8) is 0 Å². The van der Waals surface area contributed by atoms with E-state index in [9.17, 15) is 10.1 Å². The maximum atomic E-state index is 10.4. The Morgan fingerprint density at radius 1 is 1.92 bits per heavy atom. The highest BCUT2D eigenvalue weighted by atomic mass is 16.6. The third kappa shape index (κ3) is 2.01. The minimum absolute atomic E-state index is 0.0206. The molecule has 0 saturated carbocycles. The smallest absolute Gasteiger partial charge is 0.435 e. The highest BCUT2D eigenvalue weighted by Gasteiger charge is 2.15. The zero-order valence-corrected chi connectivity index (χ0v) is 6.93. The molecule has 0 bridgehead atoms. The van der Waals surface area contributed by atoms with Crippen LogP contribution in [0.3, 0.4) is 0 Å². The quantitative estimate of drug-likeness (QED) is 0.318. The molecule has 0 aliphatic rings. The first kappa shape index (κ1) is 9.17. The molecule has 0 aromatic carbocycles. The van der Waals surface area contributed by atoms with Crippen molar-refractivity contribution in [1.29, 1.82) is 5.41 Å². The zero-order chi connectivity index (χ0) is 9.84. The molecule has 7 heteroatoms. The molecule has 13 heavy (non-hydrogen) atoms. The third-order valence-electron chi connectivity index (χ3n) is 1.42. The number of methoxy groups -OCH3 is 1. The number of hydrogen-bond donors (Lipinski definition) is 1. The number of rotatable bonds is 3. The van der Waals surface area contributed by atoms with Crippen LogP contribution in [0.15, 0.2) is 12.4 Å². The molecule has 0 spiro atoms. The second-order valence-corrected chi connectivity index (χ2v) is 2.24. The fraction of sp³-hybridized carbons (Fsp3) is 0.333. The van der Waals surface area contributed by atoms with Crippen LogP contribution in [0, 0.1) is 15.5 Å². The number of aromatic nitrogens is 2. The van der Waals surface area contributed by atoms with Crippen LogP contribution in [0.2, 0.25) is 0 Å². The van der Waals surface area contributed by atoms with Crippen LogP contribution < -0.4 is 0 Å². The van der Waals surface area contributed by atoms with Gasteiger partial charge in [-0.1, -0.05) is 4.98 Å². The van der Waals surface area contributed by atoms with Crippen molar-refractivity contribution in [2.24, 2.45) is 0 Å². The normalized spacial score (nSPS) is 9.62. The predicted molar refractivity (Wildman–Crippen MR) is 43.6 cm³/mol. The van der Waals surface area contributed by atoms with Gasteiger partial charge in [-0.25, -0.2) is 4.57 Å². The Bertz CT molecular complexity index is 332. The van der Waals surface area contributed by atoms with Gasteiger partial charge in [0.15, 0.2) is 0 Å². The van der Waals surface area contributed by atoms with Crippen LogP contribution in [-0.4, -0.2) is 27.5 Å². The Hall–Kier alpha value is -1.92. The first-order valence-electron chi connectivity index (χ1n) is 3.42. The number of nitrogens with one attached hydrogen (secondary N) is 1. The van der Waals surface area contributed by atoms with Gasteiger partial charge >= 0.3 is 5.95 Å². The summed E-state index contributed by atoms with van der Waals surface area (Å²) in [6.07, 6.45) is 2.73. The second kappa shape index (κ2) is 3.65. The summed E-state index contributed by atoms with van der Waals surface area (Å²) in [7, 11) is 1.34. The fourth-order valence-electron chi connectivity index (χ4n) is 0.816. The van der Waals surface area contributed by atoms with E-state index in [1.807, 2.05) is 0 Å². The molecule has 0 radical (unpaired) electrons. The summed E-state index contributed by atoms with van der Waals surface area (Å²) >= 11 is 0. The van der Waals surface area contributed by atoms with Crippen molar-refractivity contribution >= 4 is 11.8 Å². The zero-order valence-electron chi connectivity index (χ0n) is 6.93. The van der Waals surface area contributed by atoms with E-state index in [-0.39, 0.29) is 18.4 Å². The standard InChI is InChI=1S/C6H8N4O3/c1-13-5(7)4-9-3-2-8-6(9)10(11)12/h2-3,7H,4H2,1H3. The molecule has 1 heterocycles. The Balaban J connectivity index is 2.82. The second-order valence-electron chi connectivity index (χ2n) is 2.24. The summed E-state index contributed by atoms with van der Waals surface area (Å²) in [4.78, 5) is 13.3. The van der Waals surface area contributed by atoms with Gasteiger partial charge in [0.05, 0.1) is 7.11 Å². The van der Waals surface area contributed by atoms with Crippen molar-refractivity contribution < 1.29 is 9.66 Å². The first-order chi connectivity index (χ1) is 6.15. The Labute approximate surface area is 73.6 Å². The highest BCUT2D eigenvalue weighted by molar-refractivity contribution is 5.72. The summed E-state index contributed by atoms with van der Waals surface area (Å²) in [6, 6.07) is 0. The summed E-state index contributed by atoms with van der Waals surface area (Å²) in [5.74, 6) is -0.345. The lowest BCUT2D eigenvalue weighted by molar-refractivity contribution is -0.396. The van der Waals surface area contributed by atoms with E-state index >= 15 is 0 Å². The molecule has 0 saturated heterocycles. The highest BCUT2D eigenvalue weighted by Crippen LogP contribution is 2.06. The molecule has 70 valence electrons. The van der Waals surface area contributed by atoms with E-state index in [1.165, 1.54) is 24.1 Å². The molecule has 1 aromatic rings.